The molecule has 2 aromatic carbocycles. The number of hydrogen-bond acceptors (Lipinski definition) is 5. The van der Waals surface area contributed by atoms with Gasteiger partial charge in [0.05, 0.1) is 4.90 Å². The maximum Gasteiger partial charge on any atom is 0.240 e. The molecule has 2 aliphatic heterocycles. The quantitative estimate of drug-likeness (QED) is 0.792. The summed E-state index contributed by atoms with van der Waals surface area (Å²) < 4.78 is 39.2. The van der Waals surface area contributed by atoms with E-state index in [9.17, 15) is 13.2 Å². The molecule has 2 heterocycles. The van der Waals surface area contributed by atoms with Crippen LogP contribution in [0.15, 0.2) is 41.3 Å². The van der Waals surface area contributed by atoms with E-state index in [0.29, 0.717) is 18.0 Å². The highest BCUT2D eigenvalue weighted by molar-refractivity contribution is 7.89. The third kappa shape index (κ3) is 3.33. The minimum atomic E-state index is -3.71. The Morgan fingerprint density at radius 3 is 2.67 bits per heavy atom. The molecule has 1 amide bonds. The summed E-state index contributed by atoms with van der Waals surface area (Å²) in [4.78, 5) is 14.7. The lowest BCUT2D eigenvalue weighted by Gasteiger charge is -2.20. The Labute approximate surface area is 176 Å². The second kappa shape index (κ2) is 6.72. The Kier molecular flexibility index (Phi) is 4.34. The molecule has 2 aromatic rings. The molecule has 0 aromatic heterocycles. The first-order valence-electron chi connectivity index (χ1n) is 10.1. The molecule has 1 fully saturated rings. The third-order valence-electron chi connectivity index (χ3n) is 5.95. The van der Waals surface area contributed by atoms with E-state index in [4.69, 9.17) is 9.47 Å². The Balaban J connectivity index is 1.38. The molecule has 0 atom stereocenters. The zero-order chi connectivity index (χ0) is 21.1. The van der Waals surface area contributed by atoms with E-state index in [1.165, 1.54) is 0 Å². The van der Waals surface area contributed by atoms with E-state index in [2.05, 4.69) is 4.72 Å². The van der Waals surface area contributed by atoms with E-state index < -0.39 is 10.0 Å². The topological polar surface area (TPSA) is 84.9 Å². The molecule has 3 aliphatic rings. The van der Waals surface area contributed by atoms with E-state index in [1.54, 1.807) is 30.3 Å². The van der Waals surface area contributed by atoms with E-state index >= 15 is 0 Å². The van der Waals surface area contributed by atoms with Crippen LogP contribution in [0.5, 0.6) is 11.5 Å². The molecule has 7 nitrogen and oxygen atoms in total. The Morgan fingerprint density at radius 2 is 1.90 bits per heavy atom. The van der Waals surface area contributed by atoms with Gasteiger partial charge in [-0.25, -0.2) is 13.1 Å². The molecular formula is C22H24N2O5S. The smallest absolute Gasteiger partial charge is 0.240 e. The van der Waals surface area contributed by atoms with Crippen LogP contribution in [0.25, 0.3) is 0 Å². The molecule has 8 heteroatoms. The second-order valence-electron chi connectivity index (χ2n) is 8.77. The van der Waals surface area contributed by atoms with Gasteiger partial charge in [0, 0.05) is 30.1 Å². The highest BCUT2D eigenvalue weighted by atomic mass is 32.2. The molecule has 0 saturated heterocycles. The van der Waals surface area contributed by atoms with Crippen LogP contribution in [0.4, 0.5) is 5.69 Å². The van der Waals surface area contributed by atoms with Crippen molar-refractivity contribution in [1.82, 2.24) is 4.72 Å². The van der Waals surface area contributed by atoms with Gasteiger partial charge in [0.25, 0.3) is 0 Å². The van der Waals surface area contributed by atoms with Crippen LogP contribution in [0.2, 0.25) is 0 Å². The fourth-order valence-electron chi connectivity index (χ4n) is 4.09. The van der Waals surface area contributed by atoms with E-state index in [1.807, 2.05) is 24.8 Å². The van der Waals surface area contributed by atoms with Crippen LogP contribution >= 0.6 is 0 Å². The lowest BCUT2D eigenvalue weighted by Crippen LogP contribution is -2.34. The molecule has 30 heavy (non-hydrogen) atoms. The van der Waals surface area contributed by atoms with Crippen LogP contribution in [0, 0.1) is 5.92 Å². The molecular weight excluding hydrogens is 404 g/mol. The predicted molar refractivity (Wildman–Crippen MR) is 111 cm³/mol. The fraction of sp³-hybridized carbons (Fsp3) is 0.409. The van der Waals surface area contributed by atoms with Crippen molar-refractivity contribution in [2.75, 3.05) is 18.2 Å². The number of fused-ring (bicyclic) bond motifs is 2. The standard InChI is InChI=1S/C22H24N2O5S/c1-22(2)12-24(21(25)15-4-5-15)18-7-6-16(10-17(18)22)30(26,27)23-11-14-3-8-19-20(9-14)29-13-28-19/h3,6-10,15,23H,4-5,11-13H2,1-2H3. The van der Waals surface area contributed by atoms with Gasteiger partial charge in [-0.3, -0.25) is 4.79 Å². The SMILES string of the molecule is CC1(C)CN(C(=O)C2CC2)c2ccc(S(=O)(=O)NCc3ccc4c(c3)OCO4)cc21. The number of benzene rings is 2. The maximum atomic E-state index is 12.9. The molecule has 0 bridgehead atoms. The summed E-state index contributed by atoms with van der Waals surface area (Å²) >= 11 is 0. The predicted octanol–water partition coefficient (Wildman–Crippen LogP) is 2.93. The van der Waals surface area contributed by atoms with Crippen molar-refractivity contribution in [2.45, 2.75) is 43.5 Å². The normalized spacial score (nSPS) is 19.1. The molecule has 0 radical (unpaired) electrons. The highest BCUT2D eigenvalue weighted by Crippen LogP contribution is 2.44. The summed E-state index contributed by atoms with van der Waals surface area (Å²) in [6.07, 6.45) is 1.89. The summed E-state index contributed by atoms with van der Waals surface area (Å²) in [5.41, 5.74) is 2.20. The number of sulfonamides is 1. The zero-order valence-corrected chi connectivity index (χ0v) is 17.8. The number of carbonyl (C=O) groups excluding carboxylic acids is 1. The number of nitrogens with zero attached hydrogens (tertiary/aromatic N) is 1. The molecule has 0 spiro atoms. The maximum absolute atomic E-state index is 12.9. The monoisotopic (exact) mass is 428 g/mol. The van der Waals surface area contributed by atoms with E-state index in [0.717, 1.165) is 29.7 Å². The van der Waals surface area contributed by atoms with Gasteiger partial charge in [0.1, 0.15) is 0 Å². The van der Waals surface area contributed by atoms with Crippen molar-refractivity contribution >= 4 is 21.6 Å². The van der Waals surface area contributed by atoms with Gasteiger partial charge in [0.15, 0.2) is 11.5 Å². The van der Waals surface area contributed by atoms with Crippen LogP contribution in [-0.2, 0) is 26.8 Å². The molecule has 0 unspecified atom stereocenters. The summed E-state index contributed by atoms with van der Waals surface area (Å²) in [5, 5.41) is 0. The highest BCUT2D eigenvalue weighted by Gasteiger charge is 2.43. The lowest BCUT2D eigenvalue weighted by molar-refractivity contribution is -0.119. The molecule has 1 N–H and O–H groups in total. The largest absolute Gasteiger partial charge is 0.454 e. The van der Waals surface area contributed by atoms with Gasteiger partial charge in [-0.15, -0.1) is 0 Å². The van der Waals surface area contributed by atoms with Gasteiger partial charge in [-0.05, 0) is 54.3 Å². The Hall–Kier alpha value is -2.58. The van der Waals surface area contributed by atoms with Crippen molar-refractivity contribution in [3.63, 3.8) is 0 Å². The average Bonchev–Trinajstić information content (AvgIpc) is 3.40. The summed E-state index contributed by atoms with van der Waals surface area (Å²) in [6, 6.07) is 10.4. The van der Waals surface area contributed by atoms with Crippen LogP contribution in [0.3, 0.4) is 0 Å². The van der Waals surface area contributed by atoms with Crippen molar-refractivity contribution in [3.05, 3.63) is 47.5 Å². The minimum Gasteiger partial charge on any atom is -0.454 e. The summed E-state index contributed by atoms with van der Waals surface area (Å²) in [6.45, 7) is 4.98. The molecule has 1 aliphatic carbocycles. The van der Waals surface area contributed by atoms with Gasteiger partial charge < -0.3 is 14.4 Å². The number of carbonyl (C=O) groups is 1. The van der Waals surface area contributed by atoms with Crippen LogP contribution in [0.1, 0.15) is 37.8 Å². The zero-order valence-electron chi connectivity index (χ0n) is 17.0. The molecule has 1 saturated carbocycles. The Bertz CT molecular complexity index is 1140. The molecule has 158 valence electrons. The van der Waals surface area contributed by atoms with Crippen LogP contribution in [-0.4, -0.2) is 27.7 Å². The van der Waals surface area contributed by atoms with Gasteiger partial charge in [0.2, 0.25) is 22.7 Å². The first kappa shape index (κ1) is 19.4. The van der Waals surface area contributed by atoms with Crippen molar-refractivity contribution in [3.8, 4) is 11.5 Å². The summed E-state index contributed by atoms with van der Waals surface area (Å²) in [5.74, 6) is 1.55. The minimum absolute atomic E-state index is 0.124. The first-order valence-corrected chi connectivity index (χ1v) is 11.6. The van der Waals surface area contributed by atoms with Gasteiger partial charge in [-0.1, -0.05) is 19.9 Å². The van der Waals surface area contributed by atoms with Crippen molar-refractivity contribution in [2.24, 2.45) is 5.92 Å². The Morgan fingerprint density at radius 1 is 1.13 bits per heavy atom. The number of ether oxygens (including phenoxy) is 2. The second-order valence-corrected chi connectivity index (χ2v) is 10.5. The van der Waals surface area contributed by atoms with E-state index in [-0.39, 0.29) is 35.5 Å². The lowest BCUT2D eigenvalue weighted by atomic mass is 9.87. The van der Waals surface area contributed by atoms with Gasteiger partial charge >= 0.3 is 0 Å². The van der Waals surface area contributed by atoms with Crippen molar-refractivity contribution in [1.29, 1.82) is 0 Å². The molecule has 5 rings (SSSR count). The summed E-state index contributed by atoms with van der Waals surface area (Å²) in [7, 11) is -3.71. The first-order chi connectivity index (χ1) is 14.2. The number of amides is 1. The van der Waals surface area contributed by atoms with Gasteiger partial charge in [-0.2, -0.15) is 0 Å². The average molecular weight is 429 g/mol. The fourth-order valence-corrected chi connectivity index (χ4v) is 5.13. The third-order valence-corrected chi connectivity index (χ3v) is 7.35. The van der Waals surface area contributed by atoms with Crippen LogP contribution < -0.4 is 19.1 Å². The number of rotatable bonds is 5. The number of nitrogens with one attached hydrogen (secondary N) is 1. The number of hydrogen-bond donors (Lipinski definition) is 1. The number of anilines is 1. The van der Waals surface area contributed by atoms with Crippen molar-refractivity contribution < 1.29 is 22.7 Å².